The van der Waals surface area contributed by atoms with E-state index in [4.69, 9.17) is 0 Å². The molecule has 2 aliphatic rings. The minimum atomic E-state index is -4.89. The van der Waals surface area contributed by atoms with E-state index in [1.54, 1.807) is 6.92 Å². The van der Waals surface area contributed by atoms with Gasteiger partial charge in [0.15, 0.2) is 0 Å². The van der Waals surface area contributed by atoms with Crippen molar-refractivity contribution in [2.45, 2.75) is 44.5 Å². The van der Waals surface area contributed by atoms with E-state index in [1.807, 2.05) is 0 Å². The van der Waals surface area contributed by atoms with Crippen LogP contribution in [0.5, 0.6) is 0 Å². The molecule has 7 heteroatoms. The van der Waals surface area contributed by atoms with Crippen LogP contribution in [0.2, 0.25) is 0 Å². The monoisotopic (exact) mass is 250 g/mol. The maximum Gasteiger partial charge on any atom is 0.438 e. The molecule has 1 saturated carbocycles. The van der Waals surface area contributed by atoms with E-state index in [9.17, 15) is 23.1 Å². The molecule has 1 N–H and O–H groups in total. The van der Waals surface area contributed by atoms with E-state index in [-0.39, 0.29) is 17.1 Å². The molecule has 1 amide bonds. The maximum absolute atomic E-state index is 12.8. The molecular weight excluding hydrogens is 237 g/mol. The number of rotatable bonds is 2. The summed E-state index contributed by atoms with van der Waals surface area (Å²) in [4.78, 5) is 11.7. The number of alkyl halides is 3. The summed E-state index contributed by atoms with van der Waals surface area (Å²) in [7, 11) is 0. The first-order valence-corrected chi connectivity index (χ1v) is 5.49. The Bertz CT molecular complexity index is 376. The van der Waals surface area contributed by atoms with Gasteiger partial charge in [-0.25, -0.2) is 0 Å². The van der Waals surface area contributed by atoms with E-state index in [0.29, 0.717) is 12.8 Å². The topological polar surface area (TPSA) is 52.9 Å². The van der Waals surface area contributed by atoms with Crippen LogP contribution in [-0.4, -0.2) is 33.6 Å². The van der Waals surface area contributed by atoms with Gasteiger partial charge < -0.3 is 5.11 Å². The number of carbonyl (C=O) groups is 1. The molecule has 4 nitrogen and oxygen atoms in total. The Kier molecular flexibility index (Phi) is 2.68. The lowest BCUT2D eigenvalue weighted by molar-refractivity contribution is -0.302. The number of amides is 1. The predicted molar refractivity (Wildman–Crippen MR) is 52.9 cm³/mol. The molecule has 17 heavy (non-hydrogen) atoms. The van der Waals surface area contributed by atoms with Crippen molar-refractivity contribution in [2.24, 2.45) is 11.0 Å². The van der Waals surface area contributed by atoms with Crippen molar-refractivity contribution in [3.8, 4) is 0 Å². The Morgan fingerprint density at radius 3 is 2.59 bits per heavy atom. The van der Waals surface area contributed by atoms with Crippen LogP contribution in [-0.2, 0) is 4.79 Å². The SMILES string of the molecule is CCC1=NN(C(=O)C2CC2)[C@@](O)(C(F)(F)F)C1. The zero-order valence-electron chi connectivity index (χ0n) is 9.29. The molecule has 96 valence electrons. The van der Waals surface area contributed by atoms with Crippen LogP contribution < -0.4 is 0 Å². The molecule has 1 fully saturated rings. The van der Waals surface area contributed by atoms with Crippen molar-refractivity contribution in [3.63, 3.8) is 0 Å². The van der Waals surface area contributed by atoms with E-state index in [2.05, 4.69) is 5.10 Å². The molecule has 1 heterocycles. The summed E-state index contributed by atoms with van der Waals surface area (Å²) in [6.07, 6.45) is -4.11. The fourth-order valence-corrected chi connectivity index (χ4v) is 1.77. The van der Waals surface area contributed by atoms with Crippen molar-refractivity contribution < 1.29 is 23.1 Å². The van der Waals surface area contributed by atoms with Gasteiger partial charge in [-0.3, -0.25) is 4.79 Å². The number of aliphatic hydroxyl groups is 1. The van der Waals surface area contributed by atoms with Gasteiger partial charge in [0.25, 0.3) is 5.72 Å². The lowest BCUT2D eigenvalue weighted by Gasteiger charge is -2.32. The first-order valence-electron chi connectivity index (χ1n) is 5.49. The first kappa shape index (κ1) is 12.3. The Labute approximate surface area is 96.1 Å². The minimum absolute atomic E-state index is 0.193. The highest BCUT2D eigenvalue weighted by Gasteiger charge is 2.63. The summed E-state index contributed by atoms with van der Waals surface area (Å²) in [5.74, 6) is -1.14. The molecule has 1 aliphatic carbocycles. The lowest BCUT2D eigenvalue weighted by atomic mass is 10.0. The van der Waals surface area contributed by atoms with E-state index in [0.717, 1.165) is 0 Å². The van der Waals surface area contributed by atoms with Gasteiger partial charge in [0.1, 0.15) is 0 Å². The second-order valence-electron chi connectivity index (χ2n) is 4.44. The van der Waals surface area contributed by atoms with Gasteiger partial charge in [0.05, 0.1) is 0 Å². The molecule has 0 bridgehead atoms. The number of hydrogen-bond acceptors (Lipinski definition) is 3. The second kappa shape index (κ2) is 3.69. The number of hydrogen-bond donors (Lipinski definition) is 1. The van der Waals surface area contributed by atoms with Crippen LogP contribution in [0.25, 0.3) is 0 Å². The Morgan fingerprint density at radius 2 is 2.18 bits per heavy atom. The third-order valence-electron chi connectivity index (χ3n) is 3.04. The van der Waals surface area contributed by atoms with Crippen molar-refractivity contribution >= 4 is 11.6 Å². The molecule has 1 aliphatic heterocycles. The van der Waals surface area contributed by atoms with Crippen LogP contribution in [0.3, 0.4) is 0 Å². The Morgan fingerprint density at radius 1 is 1.59 bits per heavy atom. The van der Waals surface area contributed by atoms with Gasteiger partial charge in [-0.15, -0.1) is 0 Å². The number of nitrogens with zero attached hydrogens (tertiary/aromatic N) is 2. The van der Waals surface area contributed by atoms with Gasteiger partial charge >= 0.3 is 6.18 Å². The van der Waals surface area contributed by atoms with Gasteiger partial charge in [-0.2, -0.15) is 23.3 Å². The molecule has 1 atom stereocenters. The van der Waals surface area contributed by atoms with Crippen LogP contribution in [0.15, 0.2) is 5.10 Å². The second-order valence-corrected chi connectivity index (χ2v) is 4.44. The molecule has 0 radical (unpaired) electrons. The molecule has 2 rings (SSSR count). The first-order chi connectivity index (χ1) is 7.79. The van der Waals surface area contributed by atoms with Gasteiger partial charge in [0, 0.05) is 18.1 Å². The largest absolute Gasteiger partial charge is 0.438 e. The number of carbonyl (C=O) groups excluding carboxylic acids is 1. The summed E-state index contributed by atoms with van der Waals surface area (Å²) >= 11 is 0. The van der Waals surface area contributed by atoms with E-state index >= 15 is 0 Å². The zero-order valence-corrected chi connectivity index (χ0v) is 9.29. The summed E-state index contributed by atoms with van der Waals surface area (Å²) in [5.41, 5.74) is -2.96. The minimum Gasteiger partial charge on any atom is -0.362 e. The summed E-state index contributed by atoms with van der Waals surface area (Å²) in [6.45, 7) is 1.64. The van der Waals surface area contributed by atoms with Crippen LogP contribution in [0, 0.1) is 5.92 Å². The van der Waals surface area contributed by atoms with Crippen molar-refractivity contribution in [1.29, 1.82) is 0 Å². The summed E-state index contributed by atoms with van der Waals surface area (Å²) < 4.78 is 38.5. The van der Waals surface area contributed by atoms with Crippen LogP contribution >= 0.6 is 0 Å². The highest BCUT2D eigenvalue weighted by atomic mass is 19.4. The normalized spacial score (nSPS) is 29.5. The molecule has 0 aromatic rings. The van der Waals surface area contributed by atoms with E-state index < -0.39 is 30.1 Å². The average Bonchev–Trinajstić information content (AvgIpc) is 3.00. The highest BCUT2D eigenvalue weighted by Crippen LogP contribution is 2.43. The van der Waals surface area contributed by atoms with Gasteiger partial charge in [-0.05, 0) is 19.3 Å². The molecule has 0 aromatic carbocycles. The zero-order chi connectivity index (χ0) is 12.8. The highest BCUT2D eigenvalue weighted by molar-refractivity contribution is 5.91. The quantitative estimate of drug-likeness (QED) is 0.810. The Balaban J connectivity index is 2.30. The standard InChI is InChI=1S/C10H13F3N2O2/c1-2-7-5-9(17,10(11,12)13)15(14-7)8(16)6-3-4-6/h6,17H,2-5H2,1H3/t9-/m0/s1. The molecule has 0 unspecified atom stereocenters. The van der Waals surface area contributed by atoms with Crippen LogP contribution in [0.4, 0.5) is 13.2 Å². The van der Waals surface area contributed by atoms with Crippen LogP contribution in [0.1, 0.15) is 32.6 Å². The third-order valence-corrected chi connectivity index (χ3v) is 3.04. The van der Waals surface area contributed by atoms with Crippen molar-refractivity contribution in [2.75, 3.05) is 0 Å². The molecule has 0 spiro atoms. The fourth-order valence-electron chi connectivity index (χ4n) is 1.77. The number of halogens is 3. The van der Waals surface area contributed by atoms with Crippen molar-refractivity contribution in [3.05, 3.63) is 0 Å². The fraction of sp³-hybridized carbons (Fsp3) is 0.800. The molecular formula is C10H13F3N2O2. The van der Waals surface area contributed by atoms with Crippen molar-refractivity contribution in [1.82, 2.24) is 5.01 Å². The summed E-state index contributed by atoms with van der Waals surface area (Å²) in [5, 5.41) is 13.6. The predicted octanol–water partition coefficient (Wildman–Crippen LogP) is 1.65. The van der Waals surface area contributed by atoms with Gasteiger partial charge in [0.2, 0.25) is 5.91 Å². The smallest absolute Gasteiger partial charge is 0.362 e. The lowest BCUT2D eigenvalue weighted by Crippen LogP contribution is -2.57. The molecule has 0 aromatic heterocycles. The third kappa shape index (κ3) is 1.92. The average molecular weight is 250 g/mol. The number of hydrazone groups is 1. The van der Waals surface area contributed by atoms with E-state index in [1.165, 1.54) is 0 Å². The summed E-state index contributed by atoms with van der Waals surface area (Å²) in [6, 6.07) is 0. The van der Waals surface area contributed by atoms with Gasteiger partial charge in [-0.1, -0.05) is 6.92 Å². The molecule has 0 saturated heterocycles. The Hall–Kier alpha value is -1.11. The maximum atomic E-state index is 12.8.